The van der Waals surface area contributed by atoms with Crippen molar-refractivity contribution in [1.29, 1.82) is 0 Å². The van der Waals surface area contributed by atoms with E-state index in [1.54, 1.807) is 12.0 Å². The number of nitrogens with zero attached hydrogens (tertiary/aromatic N) is 1. The van der Waals surface area contributed by atoms with Crippen molar-refractivity contribution in [2.45, 2.75) is 27.2 Å². The summed E-state index contributed by atoms with van der Waals surface area (Å²) in [6, 6.07) is 11.8. The topological polar surface area (TPSA) is 48.0 Å². The molecule has 2 aromatic carbocycles. The minimum atomic E-state index is -0.0758. The largest absolute Gasteiger partial charge is 0.493 e. The third-order valence-corrected chi connectivity index (χ3v) is 6.21. The number of rotatable bonds is 9. The number of thiocarbonyl (C=S) groups is 1. The molecule has 1 aliphatic heterocycles. The third kappa shape index (κ3) is 5.60. The van der Waals surface area contributed by atoms with Crippen molar-refractivity contribution < 1.29 is 19.0 Å². The van der Waals surface area contributed by atoms with Crippen LogP contribution in [0.5, 0.6) is 17.2 Å². The van der Waals surface area contributed by atoms with Crippen molar-refractivity contribution in [2.24, 2.45) is 0 Å². The number of methoxy groups -OCH3 is 1. The molecule has 0 N–H and O–H groups in total. The fraction of sp³-hybridized carbons (Fsp3) is 0.333. The molecule has 0 unspecified atom stereocenters. The molecule has 164 valence electrons. The van der Waals surface area contributed by atoms with E-state index in [1.165, 1.54) is 17.3 Å². The molecule has 0 aromatic heterocycles. The van der Waals surface area contributed by atoms with Gasteiger partial charge in [0.1, 0.15) is 10.1 Å². The number of amides is 1. The quantitative estimate of drug-likeness (QED) is 0.286. The highest BCUT2D eigenvalue weighted by atomic mass is 32.2. The van der Waals surface area contributed by atoms with Crippen LogP contribution in [0.4, 0.5) is 0 Å². The number of ether oxygens (including phenoxy) is 3. The van der Waals surface area contributed by atoms with Gasteiger partial charge in [-0.1, -0.05) is 53.8 Å². The van der Waals surface area contributed by atoms with Crippen LogP contribution in [0.2, 0.25) is 0 Å². The maximum atomic E-state index is 12.6. The molecule has 1 fully saturated rings. The fourth-order valence-corrected chi connectivity index (χ4v) is 4.63. The van der Waals surface area contributed by atoms with Crippen molar-refractivity contribution in [2.75, 3.05) is 26.9 Å². The first-order chi connectivity index (χ1) is 14.9. The van der Waals surface area contributed by atoms with Gasteiger partial charge in [0.05, 0.1) is 25.2 Å². The molecule has 1 heterocycles. The predicted octanol–water partition coefficient (Wildman–Crippen LogP) is 5.38. The summed E-state index contributed by atoms with van der Waals surface area (Å²) in [5.74, 6) is 2.04. The Morgan fingerprint density at radius 2 is 1.87 bits per heavy atom. The van der Waals surface area contributed by atoms with Crippen molar-refractivity contribution in [1.82, 2.24) is 4.90 Å². The molecule has 0 bridgehead atoms. The van der Waals surface area contributed by atoms with Crippen LogP contribution < -0.4 is 14.2 Å². The van der Waals surface area contributed by atoms with E-state index in [1.807, 2.05) is 50.3 Å². The van der Waals surface area contributed by atoms with E-state index in [-0.39, 0.29) is 5.91 Å². The summed E-state index contributed by atoms with van der Waals surface area (Å²) < 4.78 is 18.0. The van der Waals surface area contributed by atoms with Crippen LogP contribution >= 0.6 is 24.0 Å². The van der Waals surface area contributed by atoms with Crippen LogP contribution in [0, 0.1) is 13.8 Å². The van der Waals surface area contributed by atoms with Crippen molar-refractivity contribution in [3.8, 4) is 17.2 Å². The Hall–Kier alpha value is -2.51. The van der Waals surface area contributed by atoms with Crippen LogP contribution in [0.15, 0.2) is 41.3 Å². The Morgan fingerprint density at radius 1 is 1.10 bits per heavy atom. The van der Waals surface area contributed by atoms with E-state index in [0.717, 1.165) is 16.9 Å². The zero-order valence-electron chi connectivity index (χ0n) is 18.3. The second kappa shape index (κ2) is 10.7. The van der Waals surface area contributed by atoms with E-state index in [2.05, 4.69) is 13.0 Å². The molecular weight excluding hydrogens is 430 g/mol. The molecule has 0 atom stereocenters. The lowest BCUT2D eigenvalue weighted by Gasteiger charge is -2.14. The molecule has 2 aromatic rings. The number of likely N-dealkylation sites (N-methyl/N-ethyl adjacent to an activating group) is 1. The van der Waals surface area contributed by atoms with Gasteiger partial charge >= 0.3 is 0 Å². The molecule has 1 saturated heterocycles. The first kappa shape index (κ1) is 23.2. The molecular formula is C24H27NO4S2. The fourth-order valence-electron chi connectivity index (χ4n) is 3.25. The lowest BCUT2D eigenvalue weighted by Crippen LogP contribution is -2.27. The number of aryl methyl sites for hydroxylation is 2. The number of carbonyl (C=O) groups is 1. The molecule has 0 saturated carbocycles. The summed E-state index contributed by atoms with van der Waals surface area (Å²) in [5.41, 5.74) is 3.12. The van der Waals surface area contributed by atoms with E-state index >= 15 is 0 Å². The molecule has 1 aliphatic rings. The lowest BCUT2D eigenvalue weighted by molar-refractivity contribution is -0.121. The zero-order chi connectivity index (χ0) is 22.4. The van der Waals surface area contributed by atoms with Crippen molar-refractivity contribution >= 4 is 40.3 Å². The maximum Gasteiger partial charge on any atom is 0.266 e. The lowest BCUT2D eigenvalue weighted by atomic mass is 10.1. The molecule has 0 spiro atoms. The highest BCUT2D eigenvalue weighted by molar-refractivity contribution is 8.26. The van der Waals surface area contributed by atoms with Crippen LogP contribution in [-0.4, -0.2) is 42.0 Å². The number of para-hydroxylation sites is 1. The third-order valence-electron chi connectivity index (χ3n) is 4.83. The monoisotopic (exact) mass is 457 g/mol. The highest BCUT2D eigenvalue weighted by Gasteiger charge is 2.31. The normalized spacial score (nSPS) is 15.0. The molecule has 0 radical (unpaired) electrons. The van der Waals surface area contributed by atoms with Gasteiger partial charge in [0.2, 0.25) is 0 Å². The highest BCUT2D eigenvalue weighted by Crippen LogP contribution is 2.37. The second-order valence-corrected chi connectivity index (χ2v) is 8.80. The van der Waals surface area contributed by atoms with Gasteiger partial charge in [-0.15, -0.1) is 0 Å². The Bertz CT molecular complexity index is 1000. The summed E-state index contributed by atoms with van der Waals surface area (Å²) >= 11 is 6.61. The van der Waals surface area contributed by atoms with Gasteiger partial charge in [0, 0.05) is 18.5 Å². The van der Waals surface area contributed by atoms with Crippen molar-refractivity contribution in [3.63, 3.8) is 0 Å². The van der Waals surface area contributed by atoms with Gasteiger partial charge in [0.25, 0.3) is 5.91 Å². The predicted molar refractivity (Wildman–Crippen MR) is 130 cm³/mol. The Labute approximate surface area is 193 Å². The number of carbonyl (C=O) groups excluding carboxylic acids is 1. The second-order valence-electron chi connectivity index (χ2n) is 7.12. The first-order valence-electron chi connectivity index (χ1n) is 10.2. The van der Waals surface area contributed by atoms with Crippen LogP contribution in [0.1, 0.15) is 30.0 Å². The summed E-state index contributed by atoms with van der Waals surface area (Å²) in [6.07, 6.45) is 2.53. The van der Waals surface area contributed by atoms with Crippen LogP contribution in [-0.2, 0) is 4.79 Å². The van der Waals surface area contributed by atoms with E-state index in [0.29, 0.717) is 46.9 Å². The number of hydrogen-bond acceptors (Lipinski definition) is 6. The molecule has 3 rings (SSSR count). The van der Waals surface area contributed by atoms with Gasteiger partial charge in [-0.05, 0) is 44.5 Å². The number of benzene rings is 2. The minimum absolute atomic E-state index is 0.0758. The van der Waals surface area contributed by atoms with Crippen LogP contribution in [0.3, 0.4) is 0 Å². The molecule has 5 nitrogen and oxygen atoms in total. The minimum Gasteiger partial charge on any atom is -0.493 e. The first-order valence-corrected chi connectivity index (χ1v) is 11.4. The van der Waals surface area contributed by atoms with Crippen LogP contribution in [0.25, 0.3) is 6.08 Å². The maximum absolute atomic E-state index is 12.6. The number of hydrogen-bond donors (Lipinski definition) is 0. The molecule has 31 heavy (non-hydrogen) atoms. The molecule has 0 aliphatic carbocycles. The summed E-state index contributed by atoms with van der Waals surface area (Å²) in [7, 11) is 1.60. The van der Waals surface area contributed by atoms with Gasteiger partial charge in [-0.3, -0.25) is 9.69 Å². The van der Waals surface area contributed by atoms with E-state index in [9.17, 15) is 4.79 Å². The molecule has 1 amide bonds. The Kier molecular flexibility index (Phi) is 7.98. The standard InChI is InChI=1S/C24H27NO4S2/c1-5-25-23(26)21(31-24(25)30)15-18-8-6-9-20(27-4)22(18)29-13-7-12-28-19-11-10-16(2)14-17(19)3/h6,8-11,14-15H,5,7,12-13H2,1-4H3/b21-15-. The Morgan fingerprint density at radius 3 is 2.55 bits per heavy atom. The molecule has 7 heteroatoms. The van der Waals surface area contributed by atoms with Gasteiger partial charge in [-0.25, -0.2) is 0 Å². The summed E-state index contributed by atoms with van der Waals surface area (Å²) in [4.78, 5) is 14.7. The average molecular weight is 458 g/mol. The van der Waals surface area contributed by atoms with Gasteiger partial charge in [0.15, 0.2) is 11.5 Å². The average Bonchev–Trinajstić information content (AvgIpc) is 3.02. The van der Waals surface area contributed by atoms with E-state index < -0.39 is 0 Å². The number of thioether (sulfide) groups is 1. The van der Waals surface area contributed by atoms with Gasteiger partial charge in [-0.2, -0.15) is 0 Å². The Balaban J connectivity index is 1.66. The van der Waals surface area contributed by atoms with E-state index in [4.69, 9.17) is 26.4 Å². The SMILES string of the molecule is CCN1C(=O)/C(=C/c2cccc(OC)c2OCCCOc2ccc(C)cc2C)SC1=S. The summed E-state index contributed by atoms with van der Waals surface area (Å²) in [5, 5.41) is 0. The smallest absolute Gasteiger partial charge is 0.266 e. The van der Waals surface area contributed by atoms with Gasteiger partial charge < -0.3 is 14.2 Å². The zero-order valence-corrected chi connectivity index (χ0v) is 19.9. The van der Waals surface area contributed by atoms with Crippen molar-refractivity contribution in [3.05, 3.63) is 58.0 Å². The summed E-state index contributed by atoms with van der Waals surface area (Å²) in [6.45, 7) is 7.58.